The van der Waals surface area contributed by atoms with E-state index in [1.807, 2.05) is 18.2 Å². The molecule has 0 spiro atoms. The van der Waals surface area contributed by atoms with E-state index in [9.17, 15) is 9.59 Å². The molecule has 2 aromatic rings. The number of nitrogens with one attached hydrogen (secondary N) is 1. The molecule has 1 aromatic carbocycles. The number of carbonyl (C=O) groups is 2. The van der Waals surface area contributed by atoms with Crippen molar-refractivity contribution < 1.29 is 19.1 Å². The first kappa shape index (κ1) is 14.6. The minimum Gasteiger partial charge on any atom is -0.466 e. The predicted octanol–water partition coefficient (Wildman–Crippen LogP) is 2.54. The molecule has 0 aliphatic heterocycles. The van der Waals surface area contributed by atoms with E-state index >= 15 is 0 Å². The van der Waals surface area contributed by atoms with Crippen LogP contribution in [0.5, 0.6) is 0 Å². The molecular weight excluding hydrogens is 270 g/mol. The number of benzene rings is 1. The summed E-state index contributed by atoms with van der Waals surface area (Å²) in [6.45, 7) is 0. The van der Waals surface area contributed by atoms with Crippen LogP contribution in [-0.4, -0.2) is 31.1 Å². The Hall–Kier alpha value is -2.82. The van der Waals surface area contributed by atoms with Gasteiger partial charge in [-0.2, -0.15) is 0 Å². The van der Waals surface area contributed by atoms with Crippen LogP contribution >= 0.6 is 0 Å². The summed E-state index contributed by atoms with van der Waals surface area (Å²) in [5.41, 5.74) is 2.67. The van der Waals surface area contributed by atoms with E-state index < -0.39 is 11.9 Å². The molecule has 21 heavy (non-hydrogen) atoms. The molecule has 1 N–H and O–H groups in total. The summed E-state index contributed by atoms with van der Waals surface area (Å²) in [5.74, 6) is -0.801. The fourth-order valence-corrected chi connectivity index (χ4v) is 1.87. The average Bonchev–Trinajstić information content (AvgIpc) is 2.92. The third-order valence-electron chi connectivity index (χ3n) is 2.95. The van der Waals surface area contributed by atoms with Gasteiger partial charge in [0.05, 0.1) is 14.2 Å². The van der Waals surface area contributed by atoms with Crippen LogP contribution in [0.25, 0.3) is 23.1 Å². The number of ether oxygens (including phenoxy) is 2. The highest BCUT2D eigenvalue weighted by Gasteiger charge is 2.02. The van der Waals surface area contributed by atoms with Crippen LogP contribution in [0.2, 0.25) is 0 Å². The first-order chi connectivity index (χ1) is 10.1. The second kappa shape index (κ2) is 6.56. The molecule has 108 valence electrons. The third-order valence-corrected chi connectivity index (χ3v) is 2.95. The maximum atomic E-state index is 11.1. The molecule has 2 rings (SSSR count). The van der Waals surface area contributed by atoms with E-state index in [-0.39, 0.29) is 0 Å². The number of fused-ring (bicyclic) bond motifs is 1. The van der Waals surface area contributed by atoms with Gasteiger partial charge in [0.15, 0.2) is 0 Å². The Morgan fingerprint density at radius 1 is 1.05 bits per heavy atom. The fourth-order valence-electron chi connectivity index (χ4n) is 1.87. The zero-order valence-electron chi connectivity index (χ0n) is 11.8. The van der Waals surface area contributed by atoms with Gasteiger partial charge in [-0.25, -0.2) is 9.59 Å². The molecule has 0 fully saturated rings. The van der Waals surface area contributed by atoms with Crippen LogP contribution in [0.15, 0.2) is 36.5 Å². The maximum absolute atomic E-state index is 11.1. The van der Waals surface area contributed by atoms with Crippen molar-refractivity contribution in [3.8, 4) is 0 Å². The summed E-state index contributed by atoms with van der Waals surface area (Å²) >= 11 is 0. The Balaban J connectivity index is 2.27. The Bertz CT molecular complexity index is 725. The highest BCUT2D eigenvalue weighted by atomic mass is 16.5. The monoisotopic (exact) mass is 285 g/mol. The Morgan fingerprint density at radius 2 is 1.71 bits per heavy atom. The second-order valence-electron chi connectivity index (χ2n) is 4.26. The van der Waals surface area contributed by atoms with Crippen molar-refractivity contribution in [2.24, 2.45) is 0 Å². The summed E-state index contributed by atoms with van der Waals surface area (Å²) in [6.07, 6.45) is 7.90. The average molecular weight is 285 g/mol. The van der Waals surface area contributed by atoms with Crippen LogP contribution in [0.3, 0.4) is 0 Å². The molecule has 0 aliphatic rings. The van der Waals surface area contributed by atoms with Gasteiger partial charge < -0.3 is 14.5 Å². The van der Waals surface area contributed by atoms with Crippen molar-refractivity contribution in [3.05, 3.63) is 47.7 Å². The number of hydrogen-bond donors (Lipinski definition) is 1. The first-order valence-corrected chi connectivity index (χ1v) is 6.27. The molecule has 0 atom stereocenters. The lowest BCUT2D eigenvalue weighted by Crippen LogP contribution is -1.93. The molecule has 0 bridgehead atoms. The normalized spacial score (nSPS) is 11.3. The van der Waals surface area contributed by atoms with E-state index in [4.69, 9.17) is 0 Å². The molecule has 1 aromatic heterocycles. The number of rotatable bonds is 4. The summed E-state index contributed by atoms with van der Waals surface area (Å²) < 4.78 is 9.10. The van der Waals surface area contributed by atoms with Crippen molar-refractivity contribution in [2.45, 2.75) is 0 Å². The Labute approximate surface area is 121 Å². The number of aromatic amines is 1. The van der Waals surface area contributed by atoms with E-state index in [0.717, 1.165) is 22.0 Å². The lowest BCUT2D eigenvalue weighted by molar-refractivity contribution is -0.135. The lowest BCUT2D eigenvalue weighted by Gasteiger charge is -1.96. The molecule has 5 nitrogen and oxygen atoms in total. The second-order valence-corrected chi connectivity index (χ2v) is 4.26. The topological polar surface area (TPSA) is 68.4 Å². The maximum Gasteiger partial charge on any atom is 0.330 e. The van der Waals surface area contributed by atoms with Gasteiger partial charge in [-0.05, 0) is 23.8 Å². The number of H-pyrrole nitrogens is 1. The van der Waals surface area contributed by atoms with Crippen molar-refractivity contribution >= 4 is 35.0 Å². The lowest BCUT2D eigenvalue weighted by atomic mass is 10.1. The summed E-state index contributed by atoms with van der Waals surface area (Å²) in [7, 11) is 2.67. The molecule has 5 heteroatoms. The minimum atomic E-state index is -0.401. The number of hydrogen-bond acceptors (Lipinski definition) is 4. The molecule has 0 saturated heterocycles. The number of methoxy groups -OCH3 is 2. The van der Waals surface area contributed by atoms with Crippen molar-refractivity contribution in [1.29, 1.82) is 0 Å². The van der Waals surface area contributed by atoms with Gasteiger partial charge in [-0.3, -0.25) is 0 Å². The van der Waals surface area contributed by atoms with Gasteiger partial charge >= 0.3 is 11.9 Å². The third kappa shape index (κ3) is 3.60. The van der Waals surface area contributed by atoms with E-state index in [1.54, 1.807) is 18.3 Å². The van der Waals surface area contributed by atoms with Crippen molar-refractivity contribution in [3.63, 3.8) is 0 Å². The van der Waals surface area contributed by atoms with E-state index in [0.29, 0.717) is 0 Å². The molecular formula is C16H15NO4. The van der Waals surface area contributed by atoms with Crippen molar-refractivity contribution in [1.82, 2.24) is 4.98 Å². The zero-order chi connectivity index (χ0) is 15.2. The standard InChI is InChI=1S/C16H15NO4/c1-20-15(18)7-4-11-3-6-13-12(5-8-16(19)21-2)10-17-14(13)9-11/h3-10,17H,1-2H3. The smallest absolute Gasteiger partial charge is 0.330 e. The van der Waals surface area contributed by atoms with Crippen LogP contribution in [0.1, 0.15) is 11.1 Å². The van der Waals surface area contributed by atoms with Gasteiger partial charge in [-0.1, -0.05) is 12.1 Å². The van der Waals surface area contributed by atoms with Crippen LogP contribution in [-0.2, 0) is 19.1 Å². The zero-order valence-corrected chi connectivity index (χ0v) is 11.8. The Kier molecular flexibility index (Phi) is 4.56. The van der Waals surface area contributed by atoms with Crippen LogP contribution < -0.4 is 0 Å². The largest absolute Gasteiger partial charge is 0.466 e. The Morgan fingerprint density at radius 3 is 2.38 bits per heavy atom. The van der Waals surface area contributed by atoms with Gasteiger partial charge in [0.1, 0.15) is 0 Å². The van der Waals surface area contributed by atoms with E-state index in [1.165, 1.54) is 26.4 Å². The number of esters is 2. The minimum absolute atomic E-state index is 0.400. The van der Waals surface area contributed by atoms with Gasteiger partial charge in [-0.15, -0.1) is 0 Å². The molecule has 0 saturated carbocycles. The highest BCUT2D eigenvalue weighted by Crippen LogP contribution is 2.21. The van der Waals surface area contributed by atoms with Crippen molar-refractivity contribution in [2.75, 3.05) is 14.2 Å². The summed E-state index contributed by atoms with van der Waals surface area (Å²) in [6, 6.07) is 5.70. The summed E-state index contributed by atoms with van der Waals surface area (Å²) in [4.78, 5) is 25.3. The molecule has 1 heterocycles. The predicted molar refractivity (Wildman–Crippen MR) is 80.4 cm³/mol. The SMILES string of the molecule is COC(=O)C=Cc1ccc2c(C=CC(=O)OC)c[nH]c2c1. The van der Waals surface area contributed by atoms with Crippen LogP contribution in [0, 0.1) is 0 Å². The first-order valence-electron chi connectivity index (χ1n) is 6.27. The molecule has 0 radical (unpaired) electrons. The number of aromatic nitrogens is 1. The number of carbonyl (C=O) groups excluding carboxylic acids is 2. The molecule has 0 aliphatic carbocycles. The molecule has 0 unspecified atom stereocenters. The van der Waals surface area contributed by atoms with Gasteiger partial charge in [0.25, 0.3) is 0 Å². The molecule has 0 amide bonds. The van der Waals surface area contributed by atoms with Gasteiger partial charge in [0, 0.05) is 34.8 Å². The fraction of sp³-hybridized carbons (Fsp3) is 0.125. The quantitative estimate of drug-likeness (QED) is 0.692. The highest BCUT2D eigenvalue weighted by molar-refractivity contribution is 5.95. The van der Waals surface area contributed by atoms with E-state index in [2.05, 4.69) is 14.5 Å². The van der Waals surface area contributed by atoms with Gasteiger partial charge in [0.2, 0.25) is 0 Å². The summed E-state index contributed by atoms with van der Waals surface area (Å²) in [5, 5.41) is 0.977. The van der Waals surface area contributed by atoms with Crippen LogP contribution in [0.4, 0.5) is 0 Å².